The maximum Gasteiger partial charge on any atom is 0.407 e. The van der Waals surface area contributed by atoms with Gasteiger partial charge in [0.15, 0.2) is 0 Å². The molecule has 0 fully saturated rings. The first-order chi connectivity index (χ1) is 15.0. The number of aryl methyl sites for hydroxylation is 2. The van der Waals surface area contributed by atoms with Crippen molar-refractivity contribution in [3.8, 4) is 0 Å². The number of ether oxygens (including phenoxy) is 1. The van der Waals surface area contributed by atoms with Crippen LogP contribution in [0.15, 0.2) is 6.07 Å². The van der Waals surface area contributed by atoms with Crippen LogP contribution in [0.2, 0.25) is 0 Å². The van der Waals surface area contributed by atoms with Crippen molar-refractivity contribution in [3.63, 3.8) is 0 Å². The SMILES string of the molecule is CC(C)C(NC(=O)OCC(C)(C)C)C(=O)NC1CCc2cc([nH]n2)CCCNC(=O)C1=O. The van der Waals surface area contributed by atoms with Crippen molar-refractivity contribution < 1.29 is 23.9 Å². The number of ketones is 1. The summed E-state index contributed by atoms with van der Waals surface area (Å²) in [6, 6.07) is -0.0244. The molecule has 1 aromatic rings. The third-order valence-corrected chi connectivity index (χ3v) is 5.00. The molecule has 0 saturated carbocycles. The number of nitrogens with one attached hydrogen (secondary N) is 4. The Hall–Kier alpha value is -2.91. The number of hydrogen-bond acceptors (Lipinski definition) is 6. The minimum absolute atomic E-state index is 0.193. The molecule has 2 rings (SSSR count). The highest BCUT2D eigenvalue weighted by molar-refractivity contribution is 6.38. The van der Waals surface area contributed by atoms with Crippen LogP contribution in [0.25, 0.3) is 0 Å². The van der Waals surface area contributed by atoms with E-state index in [1.54, 1.807) is 13.8 Å². The Morgan fingerprint density at radius 3 is 2.62 bits per heavy atom. The molecule has 2 bridgehead atoms. The lowest BCUT2D eigenvalue weighted by atomic mass is 9.99. The summed E-state index contributed by atoms with van der Waals surface area (Å²) in [6.07, 6.45) is 1.29. The maximum atomic E-state index is 13.0. The minimum Gasteiger partial charge on any atom is -0.449 e. The van der Waals surface area contributed by atoms with Crippen LogP contribution in [0.4, 0.5) is 4.79 Å². The van der Waals surface area contributed by atoms with Gasteiger partial charge in [0.05, 0.1) is 18.3 Å². The second kappa shape index (κ2) is 11.1. The van der Waals surface area contributed by atoms with Crippen molar-refractivity contribution in [1.29, 1.82) is 0 Å². The number of amides is 3. The number of Topliss-reactive ketones (excluding diaryl/α,β-unsaturated/α-hetero) is 1. The predicted octanol–water partition coefficient (Wildman–Crippen LogP) is 1.26. The molecule has 3 amide bonds. The average Bonchev–Trinajstić information content (AvgIpc) is 3.16. The van der Waals surface area contributed by atoms with Crippen LogP contribution in [0.3, 0.4) is 0 Å². The number of carbonyl (C=O) groups is 4. The molecule has 2 heterocycles. The van der Waals surface area contributed by atoms with Gasteiger partial charge >= 0.3 is 6.09 Å². The molecule has 0 spiro atoms. The summed E-state index contributed by atoms with van der Waals surface area (Å²) in [4.78, 5) is 50.2. The highest BCUT2D eigenvalue weighted by atomic mass is 16.5. The largest absolute Gasteiger partial charge is 0.449 e. The number of fused-ring (bicyclic) bond motifs is 2. The second-order valence-electron chi connectivity index (χ2n) is 9.71. The molecule has 1 aromatic heterocycles. The fourth-order valence-corrected chi connectivity index (χ4v) is 3.20. The summed E-state index contributed by atoms with van der Waals surface area (Å²) in [6.45, 7) is 9.86. The molecule has 2 unspecified atom stereocenters. The molecule has 0 radical (unpaired) electrons. The molecular formula is C22H35N5O5. The first-order valence-electron chi connectivity index (χ1n) is 11.0. The third-order valence-electron chi connectivity index (χ3n) is 5.00. The van der Waals surface area contributed by atoms with Crippen molar-refractivity contribution in [2.75, 3.05) is 13.2 Å². The zero-order valence-electron chi connectivity index (χ0n) is 19.5. The Morgan fingerprint density at radius 2 is 1.97 bits per heavy atom. The van der Waals surface area contributed by atoms with Gasteiger partial charge in [-0.3, -0.25) is 19.5 Å². The molecular weight excluding hydrogens is 414 g/mol. The van der Waals surface area contributed by atoms with Gasteiger partial charge in [0.25, 0.3) is 5.91 Å². The molecule has 0 saturated heterocycles. The number of nitrogens with zero attached hydrogens (tertiary/aromatic N) is 1. The summed E-state index contributed by atoms with van der Waals surface area (Å²) in [7, 11) is 0. The second-order valence-corrected chi connectivity index (χ2v) is 9.71. The van der Waals surface area contributed by atoms with E-state index in [1.807, 2.05) is 26.8 Å². The Labute approximate surface area is 188 Å². The number of aromatic nitrogens is 2. The van der Waals surface area contributed by atoms with Crippen LogP contribution < -0.4 is 16.0 Å². The molecule has 4 N–H and O–H groups in total. The van der Waals surface area contributed by atoms with Gasteiger partial charge in [-0.05, 0) is 43.1 Å². The average molecular weight is 450 g/mol. The predicted molar refractivity (Wildman–Crippen MR) is 118 cm³/mol. The van der Waals surface area contributed by atoms with Crippen molar-refractivity contribution in [2.45, 2.75) is 72.4 Å². The number of alkyl carbamates (subject to hydrolysis) is 1. The number of aromatic amines is 1. The van der Waals surface area contributed by atoms with E-state index in [9.17, 15) is 19.2 Å². The van der Waals surface area contributed by atoms with Crippen molar-refractivity contribution >= 4 is 23.7 Å². The number of carbonyl (C=O) groups excluding carboxylic acids is 4. The van der Waals surface area contributed by atoms with Crippen LogP contribution in [0.1, 0.15) is 58.8 Å². The zero-order valence-corrected chi connectivity index (χ0v) is 19.5. The van der Waals surface area contributed by atoms with Crippen molar-refractivity contribution in [2.24, 2.45) is 11.3 Å². The van der Waals surface area contributed by atoms with Gasteiger partial charge in [0.1, 0.15) is 6.04 Å². The lowest BCUT2D eigenvalue weighted by Gasteiger charge is -2.25. The number of H-pyrrole nitrogens is 1. The van der Waals surface area contributed by atoms with Gasteiger partial charge in [0.2, 0.25) is 11.7 Å². The highest BCUT2D eigenvalue weighted by Crippen LogP contribution is 2.14. The highest BCUT2D eigenvalue weighted by Gasteiger charge is 2.32. The fraction of sp³-hybridized carbons (Fsp3) is 0.682. The van der Waals surface area contributed by atoms with E-state index >= 15 is 0 Å². The zero-order chi connectivity index (χ0) is 23.9. The Morgan fingerprint density at radius 1 is 1.25 bits per heavy atom. The quantitative estimate of drug-likeness (QED) is 0.499. The van der Waals surface area contributed by atoms with E-state index in [-0.39, 0.29) is 24.4 Å². The fourth-order valence-electron chi connectivity index (χ4n) is 3.20. The van der Waals surface area contributed by atoms with Crippen LogP contribution in [0, 0.1) is 11.3 Å². The normalized spacial score (nSPS) is 18.8. The Kier molecular flexibility index (Phi) is 8.80. The van der Waals surface area contributed by atoms with Crippen LogP contribution in [-0.2, 0) is 32.0 Å². The van der Waals surface area contributed by atoms with Crippen molar-refractivity contribution in [1.82, 2.24) is 26.1 Å². The molecule has 0 aromatic carbocycles. The summed E-state index contributed by atoms with van der Waals surface area (Å²) in [5, 5.41) is 15.0. The summed E-state index contributed by atoms with van der Waals surface area (Å²) < 4.78 is 5.20. The van der Waals surface area contributed by atoms with Crippen LogP contribution in [-0.4, -0.2) is 59.1 Å². The van der Waals surface area contributed by atoms with Gasteiger partial charge in [-0.15, -0.1) is 0 Å². The van der Waals surface area contributed by atoms with E-state index in [0.717, 1.165) is 11.4 Å². The molecule has 10 heteroatoms. The molecule has 10 nitrogen and oxygen atoms in total. The molecule has 1 aliphatic heterocycles. The smallest absolute Gasteiger partial charge is 0.407 e. The summed E-state index contributed by atoms with van der Waals surface area (Å²) >= 11 is 0. The molecule has 178 valence electrons. The summed E-state index contributed by atoms with van der Waals surface area (Å²) in [5.74, 6) is -2.26. The monoisotopic (exact) mass is 449 g/mol. The first-order valence-corrected chi connectivity index (χ1v) is 11.0. The molecule has 1 aliphatic rings. The van der Waals surface area contributed by atoms with E-state index < -0.39 is 35.8 Å². The minimum atomic E-state index is -1.03. The third kappa shape index (κ3) is 7.97. The van der Waals surface area contributed by atoms with E-state index in [4.69, 9.17) is 4.74 Å². The maximum absolute atomic E-state index is 13.0. The number of rotatable bonds is 5. The molecule has 0 aliphatic carbocycles. The summed E-state index contributed by atoms with van der Waals surface area (Å²) in [5.41, 5.74) is 1.50. The molecule has 2 atom stereocenters. The van der Waals surface area contributed by atoms with Crippen LogP contribution in [0.5, 0.6) is 0 Å². The van der Waals surface area contributed by atoms with Crippen LogP contribution >= 0.6 is 0 Å². The van der Waals surface area contributed by atoms with Gasteiger partial charge in [-0.1, -0.05) is 34.6 Å². The van der Waals surface area contributed by atoms with E-state index in [2.05, 4.69) is 26.1 Å². The lowest BCUT2D eigenvalue weighted by molar-refractivity contribution is -0.140. The van der Waals surface area contributed by atoms with Gasteiger partial charge < -0.3 is 20.7 Å². The molecule has 32 heavy (non-hydrogen) atoms. The van der Waals surface area contributed by atoms with Gasteiger partial charge in [-0.2, -0.15) is 5.10 Å². The van der Waals surface area contributed by atoms with Gasteiger partial charge in [0, 0.05) is 12.2 Å². The Balaban J connectivity index is 2.09. The lowest BCUT2D eigenvalue weighted by Crippen LogP contribution is -2.55. The standard InChI is InChI=1S/C22H35N5O5/c1-13(2)17(25-21(31)32-12-22(3,4)5)19(29)24-16-9-8-15-11-14(26-27-15)7-6-10-23-20(30)18(16)28/h11,13,16-17H,6-10,12H2,1-5H3,(H,23,30)(H,24,29)(H,25,31)(H,26,27). The topological polar surface area (TPSA) is 142 Å². The van der Waals surface area contributed by atoms with E-state index in [1.165, 1.54) is 0 Å². The van der Waals surface area contributed by atoms with E-state index in [0.29, 0.717) is 25.8 Å². The Bertz CT molecular complexity index is 827. The number of hydrogen-bond donors (Lipinski definition) is 4. The van der Waals surface area contributed by atoms with Gasteiger partial charge in [-0.25, -0.2) is 4.79 Å². The van der Waals surface area contributed by atoms with Crippen molar-refractivity contribution in [3.05, 3.63) is 17.5 Å². The first kappa shape index (κ1) is 25.4.